The Kier molecular flexibility index (Phi) is 6.31. The minimum absolute atomic E-state index is 0.103. The molecular weight excluding hydrogens is 293 g/mol. The first kappa shape index (κ1) is 16.6. The van der Waals surface area contributed by atoms with E-state index < -0.39 is 24.4 Å². The molecule has 0 saturated heterocycles. The number of amides is 2. The van der Waals surface area contributed by atoms with Crippen LogP contribution in [-0.2, 0) is 4.79 Å². The molecule has 0 bridgehead atoms. The number of carbonyl (C=O) groups is 2. The van der Waals surface area contributed by atoms with Crippen molar-refractivity contribution in [1.82, 2.24) is 5.32 Å². The van der Waals surface area contributed by atoms with Crippen LogP contribution in [0.2, 0.25) is 0 Å². The lowest BCUT2D eigenvalue weighted by molar-refractivity contribution is -0.137. The summed E-state index contributed by atoms with van der Waals surface area (Å²) < 4.78 is 41.4. The third-order valence-electron chi connectivity index (χ3n) is 2.27. The molecule has 6 nitrogen and oxygen atoms in total. The van der Waals surface area contributed by atoms with Crippen LogP contribution in [0.15, 0.2) is 18.2 Å². The van der Waals surface area contributed by atoms with Gasteiger partial charge in [-0.25, -0.2) is 9.18 Å². The monoisotopic (exact) mass is 306 g/mol. The Balaban J connectivity index is 2.47. The van der Waals surface area contributed by atoms with Gasteiger partial charge in [0.1, 0.15) is 11.6 Å². The van der Waals surface area contributed by atoms with Gasteiger partial charge in [0.15, 0.2) is 0 Å². The molecule has 0 aliphatic carbocycles. The molecule has 116 valence electrons. The van der Waals surface area contributed by atoms with Crippen LogP contribution in [0.5, 0.6) is 5.75 Å². The summed E-state index contributed by atoms with van der Waals surface area (Å²) in [5.41, 5.74) is -0.215. The highest BCUT2D eigenvalue weighted by atomic mass is 19.3. The summed E-state index contributed by atoms with van der Waals surface area (Å²) in [6, 6.07) is 2.13. The van der Waals surface area contributed by atoms with E-state index in [1.807, 2.05) is 0 Å². The first-order valence-electron chi connectivity index (χ1n) is 5.89. The first-order chi connectivity index (χ1) is 9.88. The quantitative estimate of drug-likeness (QED) is 0.675. The van der Waals surface area contributed by atoms with Gasteiger partial charge in [-0.05, 0) is 18.6 Å². The van der Waals surface area contributed by atoms with Crippen LogP contribution in [0.1, 0.15) is 12.8 Å². The zero-order chi connectivity index (χ0) is 15.8. The van der Waals surface area contributed by atoms with Gasteiger partial charge in [-0.3, -0.25) is 4.79 Å². The van der Waals surface area contributed by atoms with Crippen LogP contribution in [0.25, 0.3) is 0 Å². The van der Waals surface area contributed by atoms with Gasteiger partial charge >= 0.3 is 18.6 Å². The molecule has 0 atom stereocenters. The second-order valence-electron chi connectivity index (χ2n) is 3.90. The number of ether oxygens (including phenoxy) is 1. The molecule has 0 aromatic heterocycles. The van der Waals surface area contributed by atoms with Crippen molar-refractivity contribution in [2.75, 3.05) is 11.9 Å². The minimum Gasteiger partial charge on any atom is -0.481 e. The summed E-state index contributed by atoms with van der Waals surface area (Å²) in [6.07, 6.45) is 0.126. The first-order valence-corrected chi connectivity index (χ1v) is 5.89. The summed E-state index contributed by atoms with van der Waals surface area (Å²) in [5, 5.41) is 12.9. The van der Waals surface area contributed by atoms with Crippen molar-refractivity contribution in [3.8, 4) is 5.75 Å². The van der Waals surface area contributed by atoms with Crippen molar-refractivity contribution in [3.63, 3.8) is 0 Å². The van der Waals surface area contributed by atoms with Crippen molar-refractivity contribution < 1.29 is 32.6 Å². The number of benzene rings is 1. The fourth-order valence-electron chi connectivity index (χ4n) is 1.38. The molecule has 0 unspecified atom stereocenters. The van der Waals surface area contributed by atoms with E-state index in [4.69, 9.17) is 5.11 Å². The number of hydrogen-bond donors (Lipinski definition) is 3. The molecule has 1 rings (SSSR count). The molecular formula is C12H13F3N2O4. The van der Waals surface area contributed by atoms with Gasteiger partial charge in [-0.1, -0.05) is 0 Å². The molecule has 2 amide bonds. The van der Waals surface area contributed by atoms with Crippen molar-refractivity contribution in [1.29, 1.82) is 0 Å². The zero-order valence-electron chi connectivity index (χ0n) is 10.7. The van der Waals surface area contributed by atoms with Gasteiger partial charge in [0.25, 0.3) is 0 Å². The zero-order valence-corrected chi connectivity index (χ0v) is 10.7. The summed E-state index contributed by atoms with van der Waals surface area (Å²) in [6.45, 7) is -2.97. The lowest BCUT2D eigenvalue weighted by Crippen LogP contribution is -2.30. The van der Waals surface area contributed by atoms with Gasteiger partial charge in [-0.2, -0.15) is 8.78 Å². The molecule has 0 aliphatic rings. The SMILES string of the molecule is O=C(O)CCCNC(=O)Nc1ccc(OC(F)F)cc1F. The number of urea groups is 1. The summed E-state index contributed by atoms with van der Waals surface area (Å²) in [7, 11) is 0. The number of rotatable bonds is 7. The Morgan fingerprint density at radius 1 is 1.33 bits per heavy atom. The number of halogens is 3. The lowest BCUT2D eigenvalue weighted by atomic mass is 10.3. The third-order valence-corrected chi connectivity index (χ3v) is 2.27. The number of carboxylic acids is 1. The van der Waals surface area contributed by atoms with E-state index in [1.54, 1.807) is 0 Å². The second kappa shape index (κ2) is 7.98. The Morgan fingerprint density at radius 2 is 2.05 bits per heavy atom. The van der Waals surface area contributed by atoms with E-state index in [0.29, 0.717) is 6.07 Å². The number of alkyl halides is 2. The molecule has 1 aromatic carbocycles. The van der Waals surface area contributed by atoms with E-state index in [0.717, 1.165) is 12.1 Å². The standard InChI is InChI=1S/C12H13F3N2O4/c13-8-6-7(21-11(14)15)3-4-9(8)17-12(20)16-5-1-2-10(18)19/h3-4,6,11H,1-2,5H2,(H,18,19)(H2,16,17,20). The average molecular weight is 306 g/mol. The van der Waals surface area contributed by atoms with Crippen molar-refractivity contribution >= 4 is 17.7 Å². The van der Waals surface area contributed by atoms with E-state index >= 15 is 0 Å². The second-order valence-corrected chi connectivity index (χ2v) is 3.90. The van der Waals surface area contributed by atoms with Crippen LogP contribution >= 0.6 is 0 Å². The fourth-order valence-corrected chi connectivity index (χ4v) is 1.38. The Hall–Kier alpha value is -2.45. The van der Waals surface area contributed by atoms with Gasteiger partial charge in [0.2, 0.25) is 0 Å². The van der Waals surface area contributed by atoms with E-state index in [9.17, 15) is 22.8 Å². The molecule has 0 spiro atoms. The number of aliphatic carboxylic acids is 1. The molecule has 0 heterocycles. The maximum Gasteiger partial charge on any atom is 0.387 e. The summed E-state index contributed by atoms with van der Waals surface area (Å²) in [4.78, 5) is 21.6. The third kappa shape index (κ3) is 6.50. The molecule has 3 N–H and O–H groups in total. The molecule has 1 aromatic rings. The Morgan fingerprint density at radius 3 is 2.62 bits per heavy atom. The molecule has 0 radical (unpaired) electrons. The number of hydrogen-bond acceptors (Lipinski definition) is 3. The van der Waals surface area contributed by atoms with E-state index in [-0.39, 0.29) is 30.8 Å². The van der Waals surface area contributed by atoms with Crippen LogP contribution in [0, 0.1) is 5.82 Å². The number of anilines is 1. The van der Waals surface area contributed by atoms with E-state index in [2.05, 4.69) is 15.4 Å². The summed E-state index contributed by atoms with van der Waals surface area (Å²) >= 11 is 0. The van der Waals surface area contributed by atoms with Crippen LogP contribution < -0.4 is 15.4 Å². The smallest absolute Gasteiger partial charge is 0.387 e. The minimum atomic E-state index is -3.07. The Bertz CT molecular complexity index is 511. The topological polar surface area (TPSA) is 87.7 Å². The fraction of sp³-hybridized carbons (Fsp3) is 0.333. The summed E-state index contributed by atoms with van der Waals surface area (Å²) in [5.74, 6) is -2.29. The molecule has 0 saturated carbocycles. The van der Waals surface area contributed by atoms with Gasteiger partial charge in [0, 0.05) is 19.0 Å². The highest BCUT2D eigenvalue weighted by Gasteiger charge is 2.10. The van der Waals surface area contributed by atoms with Gasteiger partial charge in [0.05, 0.1) is 5.69 Å². The van der Waals surface area contributed by atoms with Crippen LogP contribution in [0.3, 0.4) is 0 Å². The largest absolute Gasteiger partial charge is 0.481 e. The predicted octanol–water partition coefficient (Wildman–Crippen LogP) is 2.41. The van der Waals surface area contributed by atoms with Gasteiger partial charge < -0.3 is 20.5 Å². The van der Waals surface area contributed by atoms with Crippen LogP contribution in [-0.4, -0.2) is 30.3 Å². The molecule has 9 heteroatoms. The normalized spacial score (nSPS) is 10.3. The number of nitrogens with one attached hydrogen (secondary N) is 2. The lowest BCUT2D eigenvalue weighted by Gasteiger charge is -2.09. The number of carboxylic acid groups (broad SMARTS) is 1. The highest BCUT2D eigenvalue weighted by molar-refractivity contribution is 5.89. The van der Waals surface area contributed by atoms with E-state index in [1.165, 1.54) is 0 Å². The van der Waals surface area contributed by atoms with Crippen LogP contribution in [0.4, 0.5) is 23.7 Å². The maximum atomic E-state index is 13.5. The molecule has 0 aliphatic heterocycles. The average Bonchev–Trinajstić information content (AvgIpc) is 2.37. The predicted molar refractivity (Wildman–Crippen MR) is 66.9 cm³/mol. The molecule has 0 fully saturated rings. The van der Waals surface area contributed by atoms with Crippen molar-refractivity contribution in [2.45, 2.75) is 19.5 Å². The van der Waals surface area contributed by atoms with Crippen molar-refractivity contribution in [2.24, 2.45) is 0 Å². The number of carbonyl (C=O) groups excluding carboxylic acids is 1. The van der Waals surface area contributed by atoms with Gasteiger partial charge in [-0.15, -0.1) is 0 Å². The van der Waals surface area contributed by atoms with Crippen molar-refractivity contribution in [3.05, 3.63) is 24.0 Å². The highest BCUT2D eigenvalue weighted by Crippen LogP contribution is 2.21. The Labute approximate surface area is 117 Å². The molecule has 21 heavy (non-hydrogen) atoms. The maximum absolute atomic E-state index is 13.5.